The molecule has 0 aliphatic heterocycles. The topological polar surface area (TPSA) is 49.3 Å². The lowest BCUT2D eigenvalue weighted by atomic mass is 9.74. The first-order valence-corrected chi connectivity index (χ1v) is 8.26. The number of hydrogen-bond acceptors (Lipinski definition) is 2. The standard InChI is InChI=1S/C18H26FNO2/c19-16-9-3-2-7-15(16)8-6-10-17(22)20-13-18(14-21)11-4-1-5-12-18/h2-3,7,9,21H,1,4-6,8,10-14H2,(H,20,22). The Balaban J connectivity index is 1.70. The quantitative estimate of drug-likeness (QED) is 0.812. The Labute approximate surface area is 131 Å². The summed E-state index contributed by atoms with van der Waals surface area (Å²) < 4.78 is 13.5. The molecule has 0 spiro atoms. The van der Waals surface area contributed by atoms with Crippen molar-refractivity contribution in [1.82, 2.24) is 5.32 Å². The second-order valence-corrected chi connectivity index (χ2v) is 6.44. The van der Waals surface area contributed by atoms with E-state index in [1.165, 1.54) is 12.5 Å². The molecule has 0 bridgehead atoms. The Morgan fingerprint density at radius 3 is 2.64 bits per heavy atom. The summed E-state index contributed by atoms with van der Waals surface area (Å²) in [4.78, 5) is 11.9. The number of hydrogen-bond donors (Lipinski definition) is 2. The molecule has 0 atom stereocenters. The van der Waals surface area contributed by atoms with E-state index in [2.05, 4.69) is 5.32 Å². The third kappa shape index (κ3) is 4.80. The van der Waals surface area contributed by atoms with E-state index in [1.807, 2.05) is 6.07 Å². The molecule has 0 aromatic heterocycles. The average Bonchev–Trinajstić information content (AvgIpc) is 2.56. The highest BCUT2D eigenvalue weighted by Gasteiger charge is 2.31. The number of nitrogens with one attached hydrogen (secondary N) is 1. The molecule has 2 N–H and O–H groups in total. The van der Waals surface area contributed by atoms with Crippen molar-refractivity contribution < 1.29 is 14.3 Å². The summed E-state index contributed by atoms with van der Waals surface area (Å²) in [5.74, 6) is -0.209. The van der Waals surface area contributed by atoms with Gasteiger partial charge in [0.05, 0.1) is 6.61 Å². The van der Waals surface area contributed by atoms with Crippen LogP contribution < -0.4 is 5.32 Å². The van der Waals surface area contributed by atoms with Gasteiger partial charge in [0.25, 0.3) is 0 Å². The molecular weight excluding hydrogens is 281 g/mol. The van der Waals surface area contributed by atoms with Gasteiger partial charge in [-0.05, 0) is 37.3 Å². The summed E-state index contributed by atoms with van der Waals surface area (Å²) >= 11 is 0. The number of aryl methyl sites for hydroxylation is 1. The third-order valence-corrected chi connectivity index (χ3v) is 4.72. The van der Waals surface area contributed by atoms with Crippen molar-refractivity contribution in [3.8, 4) is 0 Å². The zero-order valence-corrected chi connectivity index (χ0v) is 13.1. The van der Waals surface area contributed by atoms with Crippen LogP contribution in [0.15, 0.2) is 24.3 Å². The normalized spacial score (nSPS) is 17.2. The Kier molecular flexibility index (Phi) is 6.37. The van der Waals surface area contributed by atoms with Gasteiger partial charge in [-0.1, -0.05) is 37.5 Å². The van der Waals surface area contributed by atoms with Gasteiger partial charge in [-0.3, -0.25) is 4.79 Å². The van der Waals surface area contributed by atoms with Gasteiger partial charge in [0.15, 0.2) is 0 Å². The zero-order chi connectivity index (χ0) is 15.8. The minimum absolute atomic E-state index is 0.00487. The molecular formula is C18H26FNO2. The van der Waals surface area contributed by atoms with Crippen LogP contribution in [0.1, 0.15) is 50.5 Å². The van der Waals surface area contributed by atoms with Crippen LogP contribution in [-0.4, -0.2) is 24.2 Å². The lowest BCUT2D eigenvalue weighted by Gasteiger charge is -2.35. The van der Waals surface area contributed by atoms with E-state index >= 15 is 0 Å². The van der Waals surface area contributed by atoms with Crippen LogP contribution in [0.3, 0.4) is 0 Å². The van der Waals surface area contributed by atoms with E-state index < -0.39 is 0 Å². The number of amides is 1. The van der Waals surface area contributed by atoms with Gasteiger partial charge in [-0.2, -0.15) is 0 Å². The molecule has 1 fully saturated rings. The molecule has 1 aliphatic carbocycles. The number of aliphatic hydroxyl groups is 1. The summed E-state index contributed by atoms with van der Waals surface area (Å²) in [7, 11) is 0. The molecule has 22 heavy (non-hydrogen) atoms. The Hall–Kier alpha value is -1.42. The van der Waals surface area contributed by atoms with Gasteiger partial charge in [-0.15, -0.1) is 0 Å². The minimum atomic E-state index is -0.204. The van der Waals surface area contributed by atoms with Crippen LogP contribution in [0.4, 0.5) is 4.39 Å². The molecule has 1 aromatic rings. The number of carbonyl (C=O) groups is 1. The first-order chi connectivity index (χ1) is 10.7. The lowest BCUT2D eigenvalue weighted by molar-refractivity contribution is -0.122. The van der Waals surface area contributed by atoms with Crippen LogP contribution in [0, 0.1) is 11.2 Å². The molecule has 0 saturated heterocycles. The predicted octanol–water partition coefficient (Wildman–Crippen LogP) is 3.21. The number of carbonyl (C=O) groups excluding carboxylic acids is 1. The first-order valence-electron chi connectivity index (χ1n) is 8.26. The number of aliphatic hydroxyl groups excluding tert-OH is 1. The van der Waals surface area contributed by atoms with Crippen molar-refractivity contribution in [3.05, 3.63) is 35.6 Å². The third-order valence-electron chi connectivity index (χ3n) is 4.72. The number of benzene rings is 1. The van der Waals surface area contributed by atoms with Crippen LogP contribution >= 0.6 is 0 Å². The predicted molar refractivity (Wildman–Crippen MR) is 85.0 cm³/mol. The Morgan fingerprint density at radius 1 is 1.23 bits per heavy atom. The minimum Gasteiger partial charge on any atom is -0.396 e. The summed E-state index contributed by atoms with van der Waals surface area (Å²) in [5, 5.41) is 12.6. The number of halogens is 1. The lowest BCUT2D eigenvalue weighted by Crippen LogP contribution is -2.41. The van der Waals surface area contributed by atoms with E-state index in [4.69, 9.17) is 0 Å². The zero-order valence-electron chi connectivity index (χ0n) is 13.1. The van der Waals surface area contributed by atoms with Gasteiger partial charge in [0, 0.05) is 18.4 Å². The van der Waals surface area contributed by atoms with E-state index in [1.54, 1.807) is 12.1 Å². The van der Waals surface area contributed by atoms with E-state index in [9.17, 15) is 14.3 Å². The highest BCUT2D eigenvalue weighted by molar-refractivity contribution is 5.75. The van der Waals surface area contributed by atoms with Crippen LogP contribution in [-0.2, 0) is 11.2 Å². The highest BCUT2D eigenvalue weighted by Crippen LogP contribution is 2.35. The molecule has 0 heterocycles. The van der Waals surface area contributed by atoms with Crippen LogP contribution in [0.25, 0.3) is 0 Å². The largest absolute Gasteiger partial charge is 0.396 e. The second kappa shape index (κ2) is 8.28. The summed E-state index contributed by atoms with van der Waals surface area (Å²) in [6.07, 6.45) is 7.06. The molecule has 122 valence electrons. The Bertz CT molecular complexity index is 484. The van der Waals surface area contributed by atoms with Crippen molar-refractivity contribution in [3.63, 3.8) is 0 Å². The van der Waals surface area contributed by atoms with Crippen molar-refractivity contribution in [2.24, 2.45) is 5.41 Å². The maximum atomic E-state index is 13.5. The fourth-order valence-electron chi connectivity index (χ4n) is 3.21. The number of rotatable bonds is 7. The van der Waals surface area contributed by atoms with Crippen LogP contribution in [0.2, 0.25) is 0 Å². The van der Waals surface area contributed by atoms with Crippen molar-refractivity contribution >= 4 is 5.91 Å². The maximum Gasteiger partial charge on any atom is 0.220 e. The van der Waals surface area contributed by atoms with Crippen molar-refractivity contribution in [1.29, 1.82) is 0 Å². The van der Waals surface area contributed by atoms with E-state index in [0.29, 0.717) is 31.4 Å². The summed E-state index contributed by atoms with van der Waals surface area (Å²) in [6.45, 7) is 0.699. The van der Waals surface area contributed by atoms with Gasteiger partial charge in [-0.25, -0.2) is 4.39 Å². The second-order valence-electron chi connectivity index (χ2n) is 6.44. The fourth-order valence-corrected chi connectivity index (χ4v) is 3.21. The van der Waals surface area contributed by atoms with Crippen molar-refractivity contribution in [2.75, 3.05) is 13.2 Å². The monoisotopic (exact) mass is 307 g/mol. The molecule has 0 unspecified atom stereocenters. The van der Waals surface area contributed by atoms with Gasteiger partial charge < -0.3 is 10.4 Å². The average molecular weight is 307 g/mol. The molecule has 1 aromatic carbocycles. The summed E-state index contributed by atoms with van der Waals surface area (Å²) in [6, 6.07) is 6.69. The Morgan fingerprint density at radius 2 is 1.95 bits per heavy atom. The first kappa shape index (κ1) is 16.9. The molecule has 2 rings (SSSR count). The molecule has 1 saturated carbocycles. The molecule has 3 nitrogen and oxygen atoms in total. The van der Waals surface area contributed by atoms with Gasteiger partial charge >= 0.3 is 0 Å². The smallest absolute Gasteiger partial charge is 0.220 e. The highest BCUT2D eigenvalue weighted by atomic mass is 19.1. The molecule has 4 heteroatoms. The van der Waals surface area contributed by atoms with Crippen molar-refractivity contribution in [2.45, 2.75) is 51.4 Å². The summed E-state index contributed by atoms with van der Waals surface area (Å²) in [5.41, 5.74) is 0.536. The van der Waals surface area contributed by atoms with Gasteiger partial charge in [0.2, 0.25) is 5.91 Å². The molecule has 1 amide bonds. The van der Waals surface area contributed by atoms with E-state index in [-0.39, 0.29) is 23.7 Å². The van der Waals surface area contributed by atoms with E-state index in [0.717, 1.165) is 25.7 Å². The molecule has 1 aliphatic rings. The maximum absolute atomic E-state index is 13.5. The molecule has 0 radical (unpaired) electrons. The SMILES string of the molecule is O=C(CCCc1ccccc1F)NCC1(CO)CCCCC1. The van der Waals surface area contributed by atoms with Gasteiger partial charge in [0.1, 0.15) is 5.82 Å². The fraction of sp³-hybridized carbons (Fsp3) is 0.611. The van der Waals surface area contributed by atoms with Crippen LogP contribution in [0.5, 0.6) is 0 Å².